The molecule has 8 heteroatoms. The molecule has 0 saturated carbocycles. The van der Waals surface area contributed by atoms with Gasteiger partial charge in [0, 0.05) is 39.8 Å². The van der Waals surface area contributed by atoms with Crippen molar-refractivity contribution in [3.05, 3.63) is 48.4 Å². The molecule has 8 nitrogen and oxygen atoms in total. The number of nitrogens with zero attached hydrogens (tertiary/aromatic N) is 3. The van der Waals surface area contributed by atoms with Crippen LogP contribution in [0.5, 0.6) is 5.75 Å². The van der Waals surface area contributed by atoms with Gasteiger partial charge in [-0.1, -0.05) is 12.1 Å². The number of rotatable bonds is 4. The number of piperazine rings is 2. The number of fused-ring (bicyclic) bond motifs is 1. The summed E-state index contributed by atoms with van der Waals surface area (Å²) in [5.41, 5.74) is 0.591. The van der Waals surface area contributed by atoms with E-state index in [4.69, 9.17) is 9.15 Å². The van der Waals surface area contributed by atoms with Crippen molar-refractivity contribution >= 4 is 17.6 Å². The van der Waals surface area contributed by atoms with E-state index in [2.05, 4.69) is 10.2 Å². The topological polar surface area (TPSA) is 78.3 Å². The summed E-state index contributed by atoms with van der Waals surface area (Å²) < 4.78 is 11.1. The Morgan fingerprint density at radius 3 is 2.82 bits per heavy atom. The van der Waals surface area contributed by atoms with Crippen LogP contribution in [0.3, 0.4) is 0 Å². The second-order valence-corrected chi connectivity index (χ2v) is 7.05. The van der Waals surface area contributed by atoms with Crippen LogP contribution in [0, 0.1) is 0 Å². The van der Waals surface area contributed by atoms with Crippen molar-refractivity contribution in [1.82, 2.24) is 14.7 Å². The van der Waals surface area contributed by atoms with Crippen LogP contribution in [0.2, 0.25) is 0 Å². The van der Waals surface area contributed by atoms with Gasteiger partial charge in [0.05, 0.1) is 12.0 Å². The minimum absolute atomic E-state index is 0.0749. The SMILES string of the molecule is CN1CCN2CCN(C(=O)Nc3ccccc3OCc3ccco3)CC2C1=O. The Kier molecular flexibility index (Phi) is 5.21. The summed E-state index contributed by atoms with van der Waals surface area (Å²) in [6, 6.07) is 10.4. The monoisotopic (exact) mass is 384 g/mol. The van der Waals surface area contributed by atoms with Gasteiger partial charge in [0.15, 0.2) is 0 Å². The molecule has 2 fully saturated rings. The van der Waals surface area contributed by atoms with E-state index in [1.807, 2.05) is 25.2 Å². The van der Waals surface area contributed by atoms with Crippen LogP contribution < -0.4 is 10.1 Å². The molecular formula is C20H24N4O4. The Hall–Kier alpha value is -3.00. The molecule has 1 aromatic carbocycles. The molecule has 2 aromatic rings. The lowest BCUT2D eigenvalue weighted by Crippen LogP contribution is -2.65. The highest BCUT2D eigenvalue weighted by Crippen LogP contribution is 2.26. The first-order chi connectivity index (χ1) is 13.6. The molecule has 0 bridgehead atoms. The molecule has 4 rings (SSSR count). The average Bonchev–Trinajstić information content (AvgIpc) is 3.23. The molecule has 0 radical (unpaired) electrons. The van der Waals surface area contributed by atoms with Gasteiger partial charge < -0.3 is 24.3 Å². The van der Waals surface area contributed by atoms with Gasteiger partial charge in [0.1, 0.15) is 24.2 Å². The summed E-state index contributed by atoms with van der Waals surface area (Å²) >= 11 is 0. The normalized spacial score (nSPS) is 20.0. The van der Waals surface area contributed by atoms with Crippen molar-refractivity contribution < 1.29 is 18.7 Å². The third-order valence-electron chi connectivity index (χ3n) is 5.24. The highest BCUT2D eigenvalue weighted by atomic mass is 16.5. The van der Waals surface area contributed by atoms with Gasteiger partial charge in [-0.3, -0.25) is 9.69 Å². The molecule has 2 aliphatic rings. The van der Waals surface area contributed by atoms with Crippen molar-refractivity contribution in [2.45, 2.75) is 12.6 Å². The molecule has 2 saturated heterocycles. The fourth-order valence-electron chi connectivity index (χ4n) is 3.58. The number of carbonyl (C=O) groups excluding carboxylic acids is 2. The number of nitrogens with one attached hydrogen (secondary N) is 1. The predicted octanol–water partition coefficient (Wildman–Crippen LogP) is 1.85. The van der Waals surface area contributed by atoms with Crippen LogP contribution in [-0.4, -0.2) is 72.5 Å². The smallest absolute Gasteiger partial charge is 0.322 e. The largest absolute Gasteiger partial charge is 0.483 e. The van der Waals surface area contributed by atoms with Gasteiger partial charge in [-0.15, -0.1) is 0 Å². The summed E-state index contributed by atoms with van der Waals surface area (Å²) in [4.78, 5) is 30.8. The highest BCUT2D eigenvalue weighted by molar-refractivity contribution is 5.92. The van der Waals surface area contributed by atoms with Crippen molar-refractivity contribution in [2.75, 3.05) is 45.1 Å². The van der Waals surface area contributed by atoms with E-state index in [0.29, 0.717) is 36.8 Å². The summed E-state index contributed by atoms with van der Waals surface area (Å²) in [6.45, 7) is 3.56. The molecule has 0 spiro atoms. The van der Waals surface area contributed by atoms with E-state index < -0.39 is 0 Å². The molecule has 1 atom stereocenters. The lowest BCUT2D eigenvalue weighted by atomic mass is 10.1. The fraction of sp³-hybridized carbons (Fsp3) is 0.400. The number of anilines is 1. The zero-order valence-electron chi connectivity index (χ0n) is 15.8. The minimum Gasteiger partial charge on any atom is -0.483 e. The lowest BCUT2D eigenvalue weighted by molar-refractivity contribution is -0.142. The summed E-state index contributed by atoms with van der Waals surface area (Å²) in [6.07, 6.45) is 1.59. The van der Waals surface area contributed by atoms with E-state index >= 15 is 0 Å². The Labute approximate surface area is 163 Å². The molecule has 1 aromatic heterocycles. The molecule has 2 aliphatic heterocycles. The van der Waals surface area contributed by atoms with Gasteiger partial charge in [0.2, 0.25) is 5.91 Å². The van der Waals surface area contributed by atoms with Crippen molar-refractivity contribution in [2.24, 2.45) is 0 Å². The third-order valence-corrected chi connectivity index (χ3v) is 5.24. The maximum absolute atomic E-state index is 12.8. The maximum Gasteiger partial charge on any atom is 0.322 e. The van der Waals surface area contributed by atoms with Crippen LogP contribution in [0.4, 0.5) is 10.5 Å². The predicted molar refractivity (Wildman–Crippen MR) is 103 cm³/mol. The molecular weight excluding hydrogens is 360 g/mol. The van der Waals surface area contributed by atoms with Crippen LogP contribution in [0.1, 0.15) is 5.76 Å². The van der Waals surface area contributed by atoms with E-state index in [1.54, 1.807) is 34.3 Å². The van der Waals surface area contributed by atoms with E-state index in [9.17, 15) is 9.59 Å². The summed E-state index contributed by atoms with van der Waals surface area (Å²) in [5, 5.41) is 2.92. The second kappa shape index (κ2) is 7.93. The summed E-state index contributed by atoms with van der Waals surface area (Å²) in [7, 11) is 1.81. The first-order valence-electron chi connectivity index (χ1n) is 9.41. The Bertz CT molecular complexity index is 838. The number of benzene rings is 1. The molecule has 1 unspecified atom stereocenters. The van der Waals surface area contributed by atoms with Gasteiger partial charge in [-0.05, 0) is 24.3 Å². The number of likely N-dealkylation sites (N-methyl/N-ethyl adjacent to an activating group) is 1. The van der Waals surface area contributed by atoms with Crippen LogP contribution in [-0.2, 0) is 11.4 Å². The number of para-hydroxylation sites is 2. The van der Waals surface area contributed by atoms with Crippen molar-refractivity contribution in [1.29, 1.82) is 0 Å². The quantitative estimate of drug-likeness (QED) is 0.870. The number of hydrogen-bond donors (Lipinski definition) is 1. The van der Waals surface area contributed by atoms with Crippen molar-refractivity contribution in [3.8, 4) is 5.75 Å². The van der Waals surface area contributed by atoms with Crippen molar-refractivity contribution in [3.63, 3.8) is 0 Å². The molecule has 3 heterocycles. The van der Waals surface area contributed by atoms with Gasteiger partial charge >= 0.3 is 6.03 Å². The Morgan fingerprint density at radius 1 is 1.18 bits per heavy atom. The maximum atomic E-state index is 12.8. The van der Waals surface area contributed by atoms with Crippen LogP contribution in [0.25, 0.3) is 0 Å². The lowest BCUT2D eigenvalue weighted by Gasteiger charge is -2.45. The summed E-state index contributed by atoms with van der Waals surface area (Å²) in [5.74, 6) is 1.35. The van der Waals surface area contributed by atoms with E-state index in [1.165, 1.54) is 0 Å². The second-order valence-electron chi connectivity index (χ2n) is 7.05. The molecule has 28 heavy (non-hydrogen) atoms. The fourth-order valence-corrected chi connectivity index (χ4v) is 3.58. The number of ether oxygens (including phenoxy) is 1. The Morgan fingerprint density at radius 2 is 2.00 bits per heavy atom. The van der Waals surface area contributed by atoms with Crippen LogP contribution >= 0.6 is 0 Å². The molecule has 3 amide bonds. The van der Waals surface area contributed by atoms with Gasteiger partial charge in [0.25, 0.3) is 0 Å². The number of hydrogen-bond acceptors (Lipinski definition) is 5. The standard InChI is InChI=1S/C20H24N4O4/c1-22-8-9-23-10-11-24(13-17(23)19(22)25)20(26)21-16-6-2-3-7-18(16)28-14-15-5-4-12-27-15/h2-7,12,17H,8-11,13-14H2,1H3,(H,21,26). The van der Waals surface area contributed by atoms with E-state index in [0.717, 1.165) is 13.1 Å². The zero-order chi connectivity index (χ0) is 19.5. The minimum atomic E-state index is -0.260. The first kappa shape index (κ1) is 18.4. The number of carbonyl (C=O) groups is 2. The van der Waals surface area contributed by atoms with Gasteiger partial charge in [-0.25, -0.2) is 4.79 Å². The number of furan rings is 1. The zero-order valence-corrected chi connectivity index (χ0v) is 15.8. The average molecular weight is 384 g/mol. The number of urea groups is 1. The highest BCUT2D eigenvalue weighted by Gasteiger charge is 2.38. The molecule has 148 valence electrons. The van der Waals surface area contributed by atoms with E-state index in [-0.39, 0.29) is 24.6 Å². The van der Waals surface area contributed by atoms with Gasteiger partial charge in [-0.2, -0.15) is 0 Å². The van der Waals surface area contributed by atoms with Crippen LogP contribution in [0.15, 0.2) is 47.1 Å². The first-order valence-corrected chi connectivity index (χ1v) is 9.41. The molecule has 0 aliphatic carbocycles. The Balaban J connectivity index is 1.40. The number of amides is 3. The third kappa shape index (κ3) is 3.82. The molecule has 1 N–H and O–H groups in total.